The molecule has 0 heterocycles. The van der Waals surface area contributed by atoms with E-state index in [1.807, 2.05) is 6.92 Å². The van der Waals surface area contributed by atoms with Crippen LogP contribution in [0.2, 0.25) is 5.02 Å². The van der Waals surface area contributed by atoms with Crippen LogP contribution in [0.25, 0.3) is 0 Å². The van der Waals surface area contributed by atoms with Crippen LogP contribution in [0.3, 0.4) is 0 Å². The molecule has 0 aromatic heterocycles. The number of aliphatic hydroxyl groups excluding tert-OH is 1. The highest BCUT2D eigenvalue weighted by Crippen LogP contribution is 2.21. The van der Waals surface area contributed by atoms with Crippen molar-refractivity contribution in [3.8, 4) is 5.75 Å². The van der Waals surface area contributed by atoms with E-state index in [-0.39, 0.29) is 25.7 Å². The molecule has 0 atom stereocenters. The number of nitrogens with one attached hydrogen (secondary N) is 1. The van der Waals surface area contributed by atoms with Crippen molar-refractivity contribution in [2.24, 2.45) is 0 Å². The monoisotopic (exact) mass is 287 g/mol. The van der Waals surface area contributed by atoms with Crippen LogP contribution in [-0.4, -0.2) is 44.0 Å². The summed E-state index contributed by atoms with van der Waals surface area (Å²) in [6.45, 7) is 2.82. The zero-order chi connectivity index (χ0) is 14.1. The Morgan fingerprint density at radius 1 is 1.42 bits per heavy atom. The van der Waals surface area contributed by atoms with Crippen molar-refractivity contribution in [3.63, 3.8) is 0 Å². The molecule has 1 aromatic carbocycles. The van der Waals surface area contributed by atoms with E-state index in [1.54, 1.807) is 18.2 Å². The zero-order valence-corrected chi connectivity index (χ0v) is 11.6. The second-order valence-corrected chi connectivity index (χ2v) is 4.32. The molecular weight excluding hydrogens is 270 g/mol. The first-order valence-corrected chi connectivity index (χ1v) is 6.35. The number of hydrogen-bond donors (Lipinski definition) is 2. The molecule has 0 aliphatic carbocycles. The molecule has 2 N–H and O–H groups in total. The van der Waals surface area contributed by atoms with Gasteiger partial charge in [-0.15, -0.1) is 0 Å². The number of halogens is 1. The SMILES string of the molecule is Cc1cc(Cl)ccc1OCC(=O)NCCOCCO. The number of rotatable bonds is 8. The van der Waals surface area contributed by atoms with Crippen LogP contribution in [-0.2, 0) is 9.53 Å². The summed E-state index contributed by atoms with van der Waals surface area (Å²) in [6, 6.07) is 5.22. The van der Waals surface area contributed by atoms with E-state index in [9.17, 15) is 4.79 Å². The molecule has 5 nitrogen and oxygen atoms in total. The van der Waals surface area contributed by atoms with Gasteiger partial charge in [0.05, 0.1) is 19.8 Å². The maximum absolute atomic E-state index is 11.5. The summed E-state index contributed by atoms with van der Waals surface area (Å²) in [5.41, 5.74) is 0.881. The molecule has 0 aliphatic heterocycles. The first-order valence-electron chi connectivity index (χ1n) is 5.97. The predicted octanol–water partition coefficient (Wildman–Crippen LogP) is 1.15. The van der Waals surface area contributed by atoms with Gasteiger partial charge in [-0.2, -0.15) is 0 Å². The van der Waals surface area contributed by atoms with Gasteiger partial charge in [-0.25, -0.2) is 0 Å². The molecule has 6 heteroatoms. The minimum Gasteiger partial charge on any atom is -0.484 e. The fourth-order valence-corrected chi connectivity index (χ4v) is 1.62. The lowest BCUT2D eigenvalue weighted by Gasteiger charge is -2.09. The second kappa shape index (κ2) is 8.74. The third kappa shape index (κ3) is 6.42. The Kier molecular flexibility index (Phi) is 7.25. The summed E-state index contributed by atoms with van der Waals surface area (Å²) in [5.74, 6) is 0.415. The number of aliphatic hydroxyl groups is 1. The van der Waals surface area contributed by atoms with Crippen molar-refractivity contribution in [2.45, 2.75) is 6.92 Å². The fourth-order valence-electron chi connectivity index (χ4n) is 1.40. The van der Waals surface area contributed by atoms with Crippen LogP contribution in [0.15, 0.2) is 18.2 Å². The number of ether oxygens (including phenoxy) is 2. The third-order valence-corrected chi connectivity index (χ3v) is 2.54. The van der Waals surface area contributed by atoms with Crippen LogP contribution in [0.5, 0.6) is 5.75 Å². The van der Waals surface area contributed by atoms with E-state index in [4.69, 9.17) is 26.2 Å². The average Bonchev–Trinajstić information content (AvgIpc) is 2.37. The largest absolute Gasteiger partial charge is 0.484 e. The Morgan fingerprint density at radius 3 is 2.89 bits per heavy atom. The fraction of sp³-hybridized carbons (Fsp3) is 0.462. The summed E-state index contributed by atoms with van der Waals surface area (Å²) in [7, 11) is 0. The van der Waals surface area contributed by atoms with Gasteiger partial charge in [0.15, 0.2) is 6.61 Å². The molecule has 0 unspecified atom stereocenters. The maximum Gasteiger partial charge on any atom is 0.258 e. The molecule has 0 radical (unpaired) electrons. The van der Waals surface area contributed by atoms with Crippen molar-refractivity contribution < 1.29 is 19.4 Å². The van der Waals surface area contributed by atoms with Crippen molar-refractivity contribution in [3.05, 3.63) is 28.8 Å². The van der Waals surface area contributed by atoms with Gasteiger partial charge in [-0.05, 0) is 30.7 Å². The highest BCUT2D eigenvalue weighted by Gasteiger charge is 2.04. The Morgan fingerprint density at radius 2 is 2.21 bits per heavy atom. The molecule has 0 bridgehead atoms. The standard InChI is InChI=1S/C13H18ClNO4/c1-10-8-11(14)2-3-12(10)19-9-13(17)15-4-6-18-7-5-16/h2-3,8,16H,4-7,9H2,1H3,(H,15,17). The van der Waals surface area contributed by atoms with Crippen molar-refractivity contribution in [1.82, 2.24) is 5.32 Å². The first-order chi connectivity index (χ1) is 9.13. The van der Waals surface area contributed by atoms with Gasteiger partial charge in [0.25, 0.3) is 5.91 Å². The molecular formula is C13H18ClNO4. The molecule has 0 aliphatic rings. The molecule has 0 saturated carbocycles. The van der Waals surface area contributed by atoms with Gasteiger partial charge in [0.2, 0.25) is 0 Å². The number of carbonyl (C=O) groups excluding carboxylic acids is 1. The molecule has 0 saturated heterocycles. The molecule has 1 rings (SSSR count). The van der Waals surface area contributed by atoms with Crippen molar-refractivity contribution in [1.29, 1.82) is 0 Å². The van der Waals surface area contributed by atoms with Gasteiger partial charge in [-0.3, -0.25) is 4.79 Å². The number of carbonyl (C=O) groups is 1. The quantitative estimate of drug-likeness (QED) is 0.704. The van der Waals surface area contributed by atoms with Crippen molar-refractivity contribution in [2.75, 3.05) is 33.0 Å². The average molecular weight is 288 g/mol. The van der Waals surface area contributed by atoms with Crippen LogP contribution >= 0.6 is 11.6 Å². The summed E-state index contributed by atoms with van der Waals surface area (Å²) in [5, 5.41) is 11.8. The summed E-state index contributed by atoms with van der Waals surface area (Å²) >= 11 is 5.82. The summed E-state index contributed by atoms with van der Waals surface area (Å²) in [6.07, 6.45) is 0. The van der Waals surface area contributed by atoms with E-state index >= 15 is 0 Å². The Bertz CT molecular complexity index is 412. The molecule has 19 heavy (non-hydrogen) atoms. The van der Waals surface area contributed by atoms with Crippen molar-refractivity contribution >= 4 is 17.5 Å². The highest BCUT2D eigenvalue weighted by atomic mass is 35.5. The Labute approximate surface area is 117 Å². The zero-order valence-electron chi connectivity index (χ0n) is 10.8. The Hall–Kier alpha value is -1.30. The normalized spacial score (nSPS) is 10.3. The van der Waals surface area contributed by atoms with Crippen LogP contribution in [0.1, 0.15) is 5.56 Å². The van der Waals surface area contributed by atoms with Gasteiger partial charge in [-0.1, -0.05) is 11.6 Å². The number of amides is 1. The molecule has 1 amide bonds. The minimum absolute atomic E-state index is 0.0209. The van der Waals surface area contributed by atoms with Gasteiger partial charge in [0, 0.05) is 11.6 Å². The lowest BCUT2D eigenvalue weighted by atomic mass is 10.2. The van der Waals surface area contributed by atoms with Crippen LogP contribution in [0.4, 0.5) is 0 Å². The van der Waals surface area contributed by atoms with Gasteiger partial charge in [0.1, 0.15) is 5.75 Å². The molecule has 1 aromatic rings. The lowest BCUT2D eigenvalue weighted by molar-refractivity contribution is -0.123. The maximum atomic E-state index is 11.5. The summed E-state index contributed by atoms with van der Waals surface area (Å²) < 4.78 is 10.4. The van der Waals surface area contributed by atoms with E-state index in [0.29, 0.717) is 23.9 Å². The third-order valence-electron chi connectivity index (χ3n) is 2.30. The van der Waals surface area contributed by atoms with E-state index in [1.165, 1.54) is 0 Å². The van der Waals surface area contributed by atoms with E-state index < -0.39 is 0 Å². The molecule has 106 valence electrons. The number of aryl methyl sites for hydroxylation is 1. The first kappa shape index (κ1) is 15.8. The number of hydrogen-bond acceptors (Lipinski definition) is 4. The van der Waals surface area contributed by atoms with Gasteiger partial charge < -0.3 is 19.9 Å². The van der Waals surface area contributed by atoms with Gasteiger partial charge >= 0.3 is 0 Å². The lowest BCUT2D eigenvalue weighted by Crippen LogP contribution is -2.31. The Balaban J connectivity index is 2.22. The second-order valence-electron chi connectivity index (χ2n) is 3.88. The van der Waals surface area contributed by atoms with E-state index in [0.717, 1.165) is 5.56 Å². The smallest absolute Gasteiger partial charge is 0.258 e. The predicted molar refractivity (Wildman–Crippen MR) is 72.6 cm³/mol. The molecule has 0 fully saturated rings. The topological polar surface area (TPSA) is 67.8 Å². The van der Waals surface area contributed by atoms with E-state index in [2.05, 4.69) is 5.32 Å². The van der Waals surface area contributed by atoms with Crippen LogP contribution < -0.4 is 10.1 Å². The minimum atomic E-state index is -0.220. The number of benzene rings is 1. The van der Waals surface area contributed by atoms with Crippen LogP contribution in [0, 0.1) is 6.92 Å². The summed E-state index contributed by atoms with van der Waals surface area (Å²) in [4.78, 5) is 11.5. The highest BCUT2D eigenvalue weighted by molar-refractivity contribution is 6.30. The molecule has 0 spiro atoms.